The van der Waals surface area contributed by atoms with Gasteiger partial charge in [-0.15, -0.1) is 11.3 Å². The van der Waals surface area contributed by atoms with Crippen LogP contribution in [0.2, 0.25) is 0 Å². The van der Waals surface area contributed by atoms with E-state index in [1.54, 1.807) is 11.4 Å². The fraction of sp³-hybridized carbons (Fsp3) is 0.267. The molecule has 19 heavy (non-hydrogen) atoms. The topological polar surface area (TPSA) is 44.0 Å². The number of nitriles is 1. The number of nitrogens with zero attached hydrogens (tertiary/aromatic N) is 1. The van der Waals surface area contributed by atoms with Crippen molar-refractivity contribution in [1.29, 1.82) is 5.26 Å². The van der Waals surface area contributed by atoms with Crippen LogP contribution in [-0.4, -0.2) is 11.7 Å². The molecule has 0 bridgehead atoms. The maximum Gasteiger partial charge on any atom is 0.179 e. The second-order valence-corrected chi connectivity index (χ2v) is 5.15. The molecule has 98 valence electrons. The van der Waals surface area contributed by atoms with Crippen LogP contribution in [-0.2, 0) is 0 Å². The van der Waals surface area contributed by atoms with Gasteiger partial charge in [-0.1, -0.05) is 30.3 Å². The maximum absolute atomic E-state index is 13.8. The Labute approximate surface area is 115 Å². The molecule has 0 fully saturated rings. The van der Waals surface area contributed by atoms with Gasteiger partial charge in [0.2, 0.25) is 0 Å². The molecule has 0 radical (unpaired) electrons. The van der Waals surface area contributed by atoms with E-state index in [0.29, 0.717) is 12.0 Å². The van der Waals surface area contributed by atoms with Gasteiger partial charge >= 0.3 is 0 Å². The molecular formula is C15H14FNOS. The summed E-state index contributed by atoms with van der Waals surface area (Å²) >= 11 is 1.02. The first kappa shape index (κ1) is 13.7. The van der Waals surface area contributed by atoms with E-state index in [1.807, 2.05) is 30.3 Å². The van der Waals surface area contributed by atoms with Crippen LogP contribution in [0.15, 0.2) is 41.8 Å². The monoisotopic (exact) mass is 275 g/mol. The zero-order valence-corrected chi connectivity index (χ0v) is 11.1. The van der Waals surface area contributed by atoms with E-state index >= 15 is 0 Å². The van der Waals surface area contributed by atoms with E-state index in [1.165, 1.54) is 0 Å². The van der Waals surface area contributed by atoms with Crippen molar-refractivity contribution in [2.75, 3.05) is 6.61 Å². The molecule has 0 amide bonds. The third-order valence-corrected chi connectivity index (χ3v) is 3.90. The van der Waals surface area contributed by atoms with Crippen molar-refractivity contribution in [3.8, 4) is 6.07 Å². The summed E-state index contributed by atoms with van der Waals surface area (Å²) in [5, 5.41) is 20.0. The summed E-state index contributed by atoms with van der Waals surface area (Å²) in [5.74, 6) is -0.763. The summed E-state index contributed by atoms with van der Waals surface area (Å²) in [6.07, 6.45) is 0.376. The van der Waals surface area contributed by atoms with Crippen LogP contribution < -0.4 is 0 Å². The number of hydrogen-bond acceptors (Lipinski definition) is 3. The lowest BCUT2D eigenvalue weighted by Crippen LogP contribution is -2.12. The Bertz CT molecular complexity index is 561. The molecule has 1 aromatic heterocycles. The average molecular weight is 275 g/mol. The summed E-state index contributed by atoms with van der Waals surface area (Å²) in [6.45, 7) is -0.0645. The highest BCUT2D eigenvalue weighted by atomic mass is 32.1. The van der Waals surface area contributed by atoms with Gasteiger partial charge in [0.15, 0.2) is 5.13 Å². The first-order valence-corrected chi connectivity index (χ1v) is 6.94. The van der Waals surface area contributed by atoms with Gasteiger partial charge in [0.05, 0.1) is 12.0 Å². The minimum atomic E-state index is -0.447. The van der Waals surface area contributed by atoms with Crippen molar-refractivity contribution < 1.29 is 9.50 Å². The Morgan fingerprint density at radius 1 is 1.26 bits per heavy atom. The predicted molar refractivity (Wildman–Crippen MR) is 73.5 cm³/mol. The van der Waals surface area contributed by atoms with Crippen LogP contribution in [0.3, 0.4) is 0 Å². The summed E-state index contributed by atoms with van der Waals surface area (Å²) in [4.78, 5) is 0. The molecule has 0 spiro atoms. The van der Waals surface area contributed by atoms with Crippen LogP contribution in [0, 0.1) is 16.5 Å². The fourth-order valence-electron chi connectivity index (χ4n) is 2.27. The van der Waals surface area contributed by atoms with E-state index < -0.39 is 5.92 Å². The zero-order chi connectivity index (χ0) is 13.7. The van der Waals surface area contributed by atoms with E-state index in [-0.39, 0.29) is 17.7 Å². The Morgan fingerprint density at radius 3 is 2.53 bits per heavy atom. The third kappa shape index (κ3) is 3.01. The summed E-state index contributed by atoms with van der Waals surface area (Å²) < 4.78 is 13.8. The molecule has 2 rings (SSSR count). The van der Waals surface area contributed by atoms with Crippen molar-refractivity contribution in [3.05, 3.63) is 58.0 Å². The molecule has 4 heteroatoms. The standard InChI is InChI=1S/C15H14FNOS/c16-15-13(7-9-19-15)12(6-8-18)14(10-17)11-4-2-1-3-5-11/h1-5,7,9,12,14,18H,6,8H2/t12-,14+/m1/s1. The van der Waals surface area contributed by atoms with Gasteiger partial charge in [-0.25, -0.2) is 0 Å². The average Bonchev–Trinajstić information content (AvgIpc) is 2.86. The first-order valence-electron chi connectivity index (χ1n) is 6.06. The second kappa shape index (κ2) is 6.46. The van der Waals surface area contributed by atoms with Gasteiger partial charge in [0.1, 0.15) is 0 Å². The Hall–Kier alpha value is -1.70. The molecule has 2 atom stereocenters. The summed E-state index contributed by atoms with van der Waals surface area (Å²) in [5.41, 5.74) is 1.38. The van der Waals surface area contributed by atoms with Crippen molar-refractivity contribution >= 4 is 11.3 Å². The Kier molecular flexibility index (Phi) is 4.67. The van der Waals surface area contributed by atoms with E-state index in [4.69, 9.17) is 0 Å². The smallest absolute Gasteiger partial charge is 0.179 e. The van der Waals surface area contributed by atoms with Crippen LogP contribution in [0.25, 0.3) is 0 Å². The fourth-order valence-corrected chi connectivity index (χ4v) is 2.96. The number of benzene rings is 1. The molecule has 1 N–H and O–H groups in total. The molecule has 0 saturated carbocycles. The van der Waals surface area contributed by atoms with Gasteiger partial charge in [-0.05, 0) is 23.4 Å². The molecule has 0 aliphatic heterocycles. The molecule has 1 heterocycles. The van der Waals surface area contributed by atoms with Gasteiger partial charge in [-0.2, -0.15) is 9.65 Å². The molecular weight excluding hydrogens is 261 g/mol. The lowest BCUT2D eigenvalue weighted by Gasteiger charge is -2.21. The Balaban J connectivity index is 2.38. The molecule has 0 unspecified atom stereocenters. The first-order chi connectivity index (χ1) is 9.27. The Morgan fingerprint density at radius 2 is 2.00 bits per heavy atom. The van der Waals surface area contributed by atoms with Gasteiger partial charge in [-0.3, -0.25) is 0 Å². The number of hydrogen-bond donors (Lipinski definition) is 1. The second-order valence-electron chi connectivity index (χ2n) is 4.29. The third-order valence-electron chi connectivity index (χ3n) is 3.19. The van der Waals surface area contributed by atoms with E-state index in [9.17, 15) is 14.8 Å². The largest absolute Gasteiger partial charge is 0.396 e. The van der Waals surface area contributed by atoms with Crippen LogP contribution >= 0.6 is 11.3 Å². The molecule has 1 aromatic carbocycles. The maximum atomic E-state index is 13.8. The highest BCUT2D eigenvalue weighted by Crippen LogP contribution is 2.37. The number of aliphatic hydroxyl groups excluding tert-OH is 1. The van der Waals surface area contributed by atoms with Crippen molar-refractivity contribution in [2.24, 2.45) is 0 Å². The van der Waals surface area contributed by atoms with Crippen molar-refractivity contribution in [1.82, 2.24) is 0 Å². The molecule has 0 aliphatic rings. The minimum Gasteiger partial charge on any atom is -0.396 e. The highest BCUT2D eigenvalue weighted by molar-refractivity contribution is 7.08. The van der Waals surface area contributed by atoms with Gasteiger partial charge in [0, 0.05) is 18.1 Å². The lowest BCUT2D eigenvalue weighted by atomic mass is 9.81. The number of halogens is 1. The summed E-state index contributed by atoms with van der Waals surface area (Å²) in [7, 11) is 0. The lowest BCUT2D eigenvalue weighted by molar-refractivity contribution is 0.271. The van der Waals surface area contributed by atoms with Crippen molar-refractivity contribution in [3.63, 3.8) is 0 Å². The molecule has 2 aromatic rings. The molecule has 0 aliphatic carbocycles. The summed E-state index contributed by atoms with van der Waals surface area (Å²) in [6, 6.07) is 13.3. The SMILES string of the molecule is N#C[C@@H](c1ccccc1)[C@H](CCO)c1ccsc1F. The number of rotatable bonds is 5. The number of aliphatic hydroxyl groups is 1. The normalized spacial score (nSPS) is 13.7. The quantitative estimate of drug-likeness (QED) is 0.905. The highest BCUT2D eigenvalue weighted by Gasteiger charge is 2.27. The van der Waals surface area contributed by atoms with Crippen LogP contribution in [0.1, 0.15) is 29.4 Å². The molecule has 0 saturated heterocycles. The molecule has 2 nitrogen and oxygen atoms in total. The predicted octanol–water partition coefficient (Wildman–Crippen LogP) is 3.66. The van der Waals surface area contributed by atoms with Crippen LogP contribution in [0.4, 0.5) is 4.39 Å². The number of thiophene rings is 1. The van der Waals surface area contributed by atoms with Crippen molar-refractivity contribution in [2.45, 2.75) is 18.3 Å². The van der Waals surface area contributed by atoms with Crippen LogP contribution in [0.5, 0.6) is 0 Å². The van der Waals surface area contributed by atoms with Gasteiger partial charge in [0.25, 0.3) is 0 Å². The van der Waals surface area contributed by atoms with Gasteiger partial charge < -0.3 is 5.11 Å². The van der Waals surface area contributed by atoms with E-state index in [0.717, 1.165) is 16.9 Å². The zero-order valence-electron chi connectivity index (χ0n) is 10.3. The van der Waals surface area contributed by atoms with E-state index in [2.05, 4.69) is 6.07 Å². The minimum absolute atomic E-state index is 0.0645.